The SMILES string of the molecule is COCCC(CNC(C)(C)C)c1ccc(Cl)cc1. The van der Waals surface area contributed by atoms with Crippen molar-refractivity contribution in [2.75, 3.05) is 20.3 Å². The Kier molecular flexibility index (Phi) is 6.13. The second kappa shape index (κ2) is 7.13. The predicted octanol–water partition coefficient (Wildman–Crippen LogP) is 3.85. The standard InChI is InChI=1S/C15H24ClNO/c1-15(2,3)17-11-13(9-10-18-4)12-5-7-14(16)8-6-12/h5-8,13,17H,9-11H2,1-4H3. The number of hydrogen-bond donors (Lipinski definition) is 1. The largest absolute Gasteiger partial charge is 0.385 e. The fourth-order valence-corrected chi connectivity index (χ4v) is 1.94. The van der Waals surface area contributed by atoms with Gasteiger partial charge < -0.3 is 10.1 Å². The van der Waals surface area contributed by atoms with Gasteiger partial charge in [-0.15, -0.1) is 0 Å². The lowest BCUT2D eigenvalue weighted by atomic mass is 9.95. The van der Waals surface area contributed by atoms with E-state index in [-0.39, 0.29) is 5.54 Å². The molecule has 0 aliphatic rings. The predicted molar refractivity (Wildman–Crippen MR) is 78.4 cm³/mol. The van der Waals surface area contributed by atoms with Gasteiger partial charge in [-0.25, -0.2) is 0 Å². The van der Waals surface area contributed by atoms with Crippen molar-refractivity contribution >= 4 is 11.6 Å². The van der Waals surface area contributed by atoms with Crippen molar-refractivity contribution in [2.24, 2.45) is 0 Å². The fourth-order valence-electron chi connectivity index (χ4n) is 1.81. The van der Waals surface area contributed by atoms with Crippen LogP contribution in [0.2, 0.25) is 5.02 Å². The van der Waals surface area contributed by atoms with E-state index >= 15 is 0 Å². The summed E-state index contributed by atoms with van der Waals surface area (Å²) in [6.45, 7) is 8.28. The summed E-state index contributed by atoms with van der Waals surface area (Å²) in [5.74, 6) is 0.460. The molecule has 0 aromatic heterocycles. The molecule has 0 aliphatic heterocycles. The number of methoxy groups -OCH3 is 1. The number of halogens is 1. The van der Waals surface area contributed by atoms with E-state index in [0.717, 1.165) is 24.6 Å². The van der Waals surface area contributed by atoms with Crippen LogP contribution < -0.4 is 5.32 Å². The third kappa shape index (κ3) is 5.85. The van der Waals surface area contributed by atoms with E-state index in [0.29, 0.717) is 5.92 Å². The number of nitrogens with one attached hydrogen (secondary N) is 1. The number of benzene rings is 1. The molecule has 0 bridgehead atoms. The van der Waals surface area contributed by atoms with Gasteiger partial charge in [0.15, 0.2) is 0 Å². The molecule has 2 nitrogen and oxygen atoms in total. The van der Waals surface area contributed by atoms with Crippen LogP contribution in [-0.2, 0) is 4.74 Å². The minimum Gasteiger partial charge on any atom is -0.385 e. The lowest BCUT2D eigenvalue weighted by Gasteiger charge is -2.25. The fraction of sp³-hybridized carbons (Fsp3) is 0.600. The van der Waals surface area contributed by atoms with E-state index in [9.17, 15) is 0 Å². The lowest BCUT2D eigenvalue weighted by molar-refractivity contribution is 0.185. The van der Waals surface area contributed by atoms with Crippen LogP contribution in [0, 0.1) is 0 Å². The highest BCUT2D eigenvalue weighted by molar-refractivity contribution is 6.30. The number of ether oxygens (including phenoxy) is 1. The molecule has 0 saturated heterocycles. The second-order valence-corrected chi connectivity index (χ2v) is 6.10. The molecule has 1 rings (SSSR count). The summed E-state index contributed by atoms with van der Waals surface area (Å²) < 4.78 is 5.20. The summed E-state index contributed by atoms with van der Waals surface area (Å²) in [7, 11) is 1.75. The Balaban J connectivity index is 2.68. The van der Waals surface area contributed by atoms with Gasteiger partial charge >= 0.3 is 0 Å². The molecule has 1 aromatic rings. The van der Waals surface area contributed by atoms with Crippen LogP contribution >= 0.6 is 11.6 Å². The normalized spacial score (nSPS) is 13.6. The van der Waals surface area contributed by atoms with Crippen LogP contribution in [0.4, 0.5) is 0 Å². The van der Waals surface area contributed by atoms with Gasteiger partial charge in [0.05, 0.1) is 0 Å². The van der Waals surface area contributed by atoms with Crippen molar-refractivity contribution in [3.63, 3.8) is 0 Å². The Morgan fingerprint density at radius 1 is 1.22 bits per heavy atom. The molecule has 0 fully saturated rings. The molecule has 0 aliphatic carbocycles. The Hall–Kier alpha value is -0.570. The van der Waals surface area contributed by atoms with Crippen LogP contribution in [0.15, 0.2) is 24.3 Å². The molecule has 1 N–H and O–H groups in total. The highest BCUT2D eigenvalue weighted by Crippen LogP contribution is 2.22. The maximum absolute atomic E-state index is 5.93. The summed E-state index contributed by atoms with van der Waals surface area (Å²) in [4.78, 5) is 0. The zero-order valence-electron chi connectivity index (χ0n) is 11.8. The summed E-state index contributed by atoms with van der Waals surface area (Å²) in [5.41, 5.74) is 1.45. The number of rotatable bonds is 6. The van der Waals surface area contributed by atoms with Crippen LogP contribution in [0.3, 0.4) is 0 Å². The van der Waals surface area contributed by atoms with Gasteiger partial charge in [-0.1, -0.05) is 23.7 Å². The minimum atomic E-state index is 0.137. The molecule has 0 saturated carbocycles. The van der Waals surface area contributed by atoms with Crippen LogP contribution in [0.1, 0.15) is 38.7 Å². The van der Waals surface area contributed by atoms with Crippen molar-refractivity contribution in [2.45, 2.75) is 38.6 Å². The van der Waals surface area contributed by atoms with E-state index < -0.39 is 0 Å². The molecule has 1 unspecified atom stereocenters. The molecule has 1 atom stereocenters. The van der Waals surface area contributed by atoms with Crippen molar-refractivity contribution in [1.29, 1.82) is 0 Å². The van der Waals surface area contributed by atoms with Gasteiger partial charge in [0.2, 0.25) is 0 Å². The highest BCUT2D eigenvalue weighted by Gasteiger charge is 2.15. The number of hydrogen-bond acceptors (Lipinski definition) is 2. The zero-order chi connectivity index (χ0) is 13.6. The zero-order valence-corrected chi connectivity index (χ0v) is 12.6. The average molecular weight is 270 g/mol. The Morgan fingerprint density at radius 3 is 2.33 bits per heavy atom. The topological polar surface area (TPSA) is 21.3 Å². The molecular weight excluding hydrogens is 246 g/mol. The van der Waals surface area contributed by atoms with Gasteiger partial charge in [0, 0.05) is 30.8 Å². The van der Waals surface area contributed by atoms with E-state index in [1.807, 2.05) is 12.1 Å². The summed E-state index contributed by atoms with van der Waals surface area (Å²) in [6.07, 6.45) is 1.02. The first-order valence-electron chi connectivity index (χ1n) is 6.42. The highest BCUT2D eigenvalue weighted by atomic mass is 35.5. The minimum absolute atomic E-state index is 0.137. The summed E-state index contributed by atoms with van der Waals surface area (Å²) >= 11 is 5.93. The van der Waals surface area contributed by atoms with Gasteiger partial charge in [-0.05, 0) is 50.8 Å². The van der Waals surface area contributed by atoms with Gasteiger partial charge in [0.25, 0.3) is 0 Å². The Morgan fingerprint density at radius 2 is 1.83 bits per heavy atom. The first-order valence-corrected chi connectivity index (χ1v) is 6.79. The average Bonchev–Trinajstić information content (AvgIpc) is 2.29. The Bertz CT molecular complexity index is 343. The summed E-state index contributed by atoms with van der Waals surface area (Å²) in [5, 5.41) is 4.34. The lowest BCUT2D eigenvalue weighted by Crippen LogP contribution is -2.38. The first-order chi connectivity index (χ1) is 8.42. The van der Waals surface area contributed by atoms with E-state index in [1.165, 1.54) is 5.56 Å². The van der Waals surface area contributed by atoms with Crippen molar-refractivity contribution in [3.8, 4) is 0 Å². The third-order valence-electron chi connectivity index (χ3n) is 2.89. The van der Waals surface area contributed by atoms with Crippen molar-refractivity contribution in [1.82, 2.24) is 5.32 Å². The maximum atomic E-state index is 5.93. The van der Waals surface area contributed by atoms with E-state index in [1.54, 1.807) is 7.11 Å². The van der Waals surface area contributed by atoms with Gasteiger partial charge in [-0.3, -0.25) is 0 Å². The van der Waals surface area contributed by atoms with Crippen LogP contribution in [0.25, 0.3) is 0 Å². The molecule has 0 radical (unpaired) electrons. The first kappa shape index (κ1) is 15.5. The van der Waals surface area contributed by atoms with E-state index in [4.69, 9.17) is 16.3 Å². The monoisotopic (exact) mass is 269 g/mol. The van der Waals surface area contributed by atoms with Crippen molar-refractivity contribution < 1.29 is 4.74 Å². The molecular formula is C15H24ClNO. The second-order valence-electron chi connectivity index (χ2n) is 5.66. The molecule has 3 heteroatoms. The molecule has 0 heterocycles. The quantitative estimate of drug-likeness (QED) is 0.847. The smallest absolute Gasteiger partial charge is 0.0468 e. The van der Waals surface area contributed by atoms with E-state index in [2.05, 4.69) is 38.2 Å². The third-order valence-corrected chi connectivity index (χ3v) is 3.14. The Labute approximate surface area is 116 Å². The molecule has 1 aromatic carbocycles. The molecule has 0 spiro atoms. The maximum Gasteiger partial charge on any atom is 0.0468 e. The summed E-state index contributed by atoms with van der Waals surface area (Å²) in [6, 6.07) is 8.11. The van der Waals surface area contributed by atoms with Crippen molar-refractivity contribution in [3.05, 3.63) is 34.9 Å². The molecule has 102 valence electrons. The van der Waals surface area contributed by atoms with Gasteiger partial charge in [-0.2, -0.15) is 0 Å². The molecule has 0 amide bonds. The van der Waals surface area contributed by atoms with Gasteiger partial charge in [0.1, 0.15) is 0 Å². The van der Waals surface area contributed by atoms with Crippen LogP contribution in [-0.4, -0.2) is 25.8 Å². The van der Waals surface area contributed by atoms with Crippen LogP contribution in [0.5, 0.6) is 0 Å². The molecule has 18 heavy (non-hydrogen) atoms.